The standard InChI is InChI=1S/C15H21NO5S/c1-3-21-9-13(18)16-12(14(22-2)15(19)20)8-10-4-6-11(17)7-5-10/h4-7,12,14,17H,3,8-9H2,1-2H3,(H,16,18)(H,19,20). The van der Waals surface area contributed by atoms with E-state index in [9.17, 15) is 19.8 Å². The topological polar surface area (TPSA) is 95.9 Å². The van der Waals surface area contributed by atoms with Gasteiger partial charge in [-0.1, -0.05) is 12.1 Å². The van der Waals surface area contributed by atoms with Crippen molar-refractivity contribution in [3.8, 4) is 5.75 Å². The summed E-state index contributed by atoms with van der Waals surface area (Å²) in [6, 6.07) is 5.91. The van der Waals surface area contributed by atoms with Crippen LogP contribution in [-0.4, -0.2) is 52.9 Å². The van der Waals surface area contributed by atoms with Gasteiger partial charge < -0.3 is 20.3 Å². The van der Waals surface area contributed by atoms with Crippen molar-refractivity contribution in [2.24, 2.45) is 0 Å². The number of carbonyl (C=O) groups is 2. The maximum absolute atomic E-state index is 11.8. The number of phenolic OH excluding ortho intramolecular Hbond substituents is 1. The lowest BCUT2D eigenvalue weighted by molar-refractivity contribution is -0.137. The van der Waals surface area contributed by atoms with E-state index < -0.39 is 17.3 Å². The van der Waals surface area contributed by atoms with Crippen LogP contribution < -0.4 is 5.32 Å². The number of carboxylic acid groups (broad SMARTS) is 1. The van der Waals surface area contributed by atoms with Crippen LogP contribution in [-0.2, 0) is 20.7 Å². The van der Waals surface area contributed by atoms with E-state index >= 15 is 0 Å². The predicted molar refractivity (Wildman–Crippen MR) is 85.2 cm³/mol. The quantitative estimate of drug-likeness (QED) is 0.632. The number of aromatic hydroxyl groups is 1. The maximum atomic E-state index is 11.8. The highest BCUT2D eigenvalue weighted by Crippen LogP contribution is 2.18. The van der Waals surface area contributed by atoms with Gasteiger partial charge in [0.1, 0.15) is 17.6 Å². The van der Waals surface area contributed by atoms with Gasteiger partial charge in [-0.3, -0.25) is 9.59 Å². The molecule has 1 rings (SSSR count). The molecule has 2 unspecified atom stereocenters. The van der Waals surface area contributed by atoms with E-state index in [-0.39, 0.29) is 18.3 Å². The molecule has 0 radical (unpaired) electrons. The van der Waals surface area contributed by atoms with Gasteiger partial charge in [-0.15, -0.1) is 11.8 Å². The largest absolute Gasteiger partial charge is 0.508 e. The summed E-state index contributed by atoms with van der Waals surface area (Å²) in [5.74, 6) is -1.18. The summed E-state index contributed by atoms with van der Waals surface area (Å²) in [6.45, 7) is 2.10. The van der Waals surface area contributed by atoms with Gasteiger partial charge in [-0.2, -0.15) is 0 Å². The fraction of sp³-hybridized carbons (Fsp3) is 0.467. The third-order valence-corrected chi connectivity index (χ3v) is 4.08. The average Bonchev–Trinajstić information content (AvgIpc) is 2.47. The number of nitrogens with one attached hydrogen (secondary N) is 1. The summed E-state index contributed by atoms with van der Waals surface area (Å²) in [4.78, 5) is 23.2. The van der Waals surface area contributed by atoms with Crippen molar-refractivity contribution in [1.29, 1.82) is 0 Å². The van der Waals surface area contributed by atoms with Crippen molar-refractivity contribution in [2.45, 2.75) is 24.6 Å². The first-order valence-corrected chi connectivity index (χ1v) is 8.17. The highest BCUT2D eigenvalue weighted by Gasteiger charge is 2.29. The second-order valence-corrected chi connectivity index (χ2v) is 5.66. The zero-order chi connectivity index (χ0) is 16.5. The van der Waals surface area contributed by atoms with Crippen molar-refractivity contribution in [3.05, 3.63) is 29.8 Å². The summed E-state index contributed by atoms with van der Waals surface area (Å²) < 4.78 is 5.04. The van der Waals surface area contributed by atoms with Gasteiger partial charge in [-0.05, 0) is 37.3 Å². The maximum Gasteiger partial charge on any atom is 0.318 e. The lowest BCUT2D eigenvalue weighted by atomic mass is 10.0. The Bertz CT molecular complexity index is 491. The number of hydrogen-bond donors (Lipinski definition) is 3. The van der Waals surface area contributed by atoms with E-state index in [2.05, 4.69) is 5.32 Å². The molecule has 3 N–H and O–H groups in total. The van der Waals surface area contributed by atoms with E-state index in [4.69, 9.17) is 4.74 Å². The Morgan fingerprint density at radius 2 is 1.95 bits per heavy atom. The molecule has 0 bridgehead atoms. The summed E-state index contributed by atoms with van der Waals surface area (Å²) in [5.41, 5.74) is 0.833. The van der Waals surface area contributed by atoms with Crippen LogP contribution in [0.2, 0.25) is 0 Å². The van der Waals surface area contributed by atoms with Crippen molar-refractivity contribution < 1.29 is 24.5 Å². The molecule has 0 spiro atoms. The summed E-state index contributed by atoms with van der Waals surface area (Å²) in [6.07, 6.45) is 2.05. The number of hydrogen-bond acceptors (Lipinski definition) is 5. The van der Waals surface area contributed by atoms with Crippen LogP contribution in [0.4, 0.5) is 0 Å². The zero-order valence-corrected chi connectivity index (χ0v) is 13.4. The number of carbonyl (C=O) groups excluding carboxylic acids is 1. The van der Waals surface area contributed by atoms with Gasteiger partial charge in [-0.25, -0.2) is 0 Å². The van der Waals surface area contributed by atoms with Crippen LogP contribution in [0.15, 0.2) is 24.3 Å². The first-order chi connectivity index (χ1) is 10.5. The zero-order valence-electron chi connectivity index (χ0n) is 12.6. The third-order valence-electron chi connectivity index (χ3n) is 3.04. The van der Waals surface area contributed by atoms with Crippen LogP contribution in [0.25, 0.3) is 0 Å². The fourth-order valence-corrected chi connectivity index (χ4v) is 2.69. The number of thioether (sulfide) groups is 1. The molecular formula is C15H21NO5S. The number of ether oxygens (including phenoxy) is 1. The summed E-state index contributed by atoms with van der Waals surface area (Å²) in [7, 11) is 0. The smallest absolute Gasteiger partial charge is 0.318 e. The number of amides is 1. The van der Waals surface area contributed by atoms with Gasteiger partial charge in [0.2, 0.25) is 5.91 Å². The molecule has 0 saturated carbocycles. The van der Waals surface area contributed by atoms with Gasteiger partial charge in [0, 0.05) is 6.61 Å². The Labute approximate surface area is 133 Å². The van der Waals surface area contributed by atoms with Gasteiger partial charge in [0.25, 0.3) is 0 Å². The molecule has 2 atom stereocenters. The van der Waals surface area contributed by atoms with Crippen LogP contribution >= 0.6 is 11.8 Å². The van der Waals surface area contributed by atoms with Crippen molar-refractivity contribution in [3.63, 3.8) is 0 Å². The minimum atomic E-state index is -0.979. The van der Waals surface area contributed by atoms with Crippen molar-refractivity contribution in [1.82, 2.24) is 5.32 Å². The highest BCUT2D eigenvalue weighted by atomic mass is 32.2. The van der Waals surface area contributed by atoms with Crippen molar-refractivity contribution in [2.75, 3.05) is 19.5 Å². The van der Waals surface area contributed by atoms with E-state index in [1.807, 2.05) is 0 Å². The molecule has 1 aromatic carbocycles. The van der Waals surface area contributed by atoms with Crippen molar-refractivity contribution >= 4 is 23.6 Å². The third kappa shape index (κ3) is 5.95. The molecule has 1 amide bonds. The monoisotopic (exact) mass is 327 g/mol. The van der Waals surface area contributed by atoms with E-state index in [1.54, 1.807) is 25.3 Å². The van der Waals surface area contributed by atoms with Gasteiger partial charge in [0.05, 0.1) is 6.04 Å². The second-order valence-electron chi connectivity index (χ2n) is 4.68. The number of phenols is 1. The lowest BCUT2D eigenvalue weighted by Gasteiger charge is -2.24. The number of carboxylic acids is 1. The van der Waals surface area contributed by atoms with E-state index in [0.717, 1.165) is 5.56 Å². The van der Waals surface area contributed by atoms with E-state index in [0.29, 0.717) is 13.0 Å². The molecule has 1 aromatic rings. The number of benzene rings is 1. The number of aliphatic carboxylic acids is 1. The minimum Gasteiger partial charge on any atom is -0.508 e. The Hall–Kier alpha value is -1.73. The average molecular weight is 327 g/mol. The molecule has 0 saturated heterocycles. The molecule has 0 aliphatic carbocycles. The molecular weight excluding hydrogens is 306 g/mol. The first-order valence-electron chi connectivity index (χ1n) is 6.88. The Kier molecular flexibility index (Phi) is 7.76. The fourth-order valence-electron chi connectivity index (χ4n) is 2.00. The van der Waals surface area contributed by atoms with Crippen LogP contribution in [0.1, 0.15) is 12.5 Å². The second kappa shape index (κ2) is 9.32. The van der Waals surface area contributed by atoms with Crippen LogP contribution in [0, 0.1) is 0 Å². The molecule has 6 nitrogen and oxygen atoms in total. The molecule has 7 heteroatoms. The molecule has 22 heavy (non-hydrogen) atoms. The van der Waals surface area contributed by atoms with Gasteiger partial charge >= 0.3 is 5.97 Å². The molecule has 0 aliphatic heterocycles. The normalized spacial score (nSPS) is 13.4. The molecule has 0 aromatic heterocycles. The predicted octanol–water partition coefficient (Wildman–Crippen LogP) is 1.27. The Morgan fingerprint density at radius 3 is 2.45 bits per heavy atom. The minimum absolute atomic E-state index is 0.0940. The lowest BCUT2D eigenvalue weighted by Crippen LogP contribution is -2.47. The van der Waals surface area contributed by atoms with E-state index in [1.165, 1.54) is 23.9 Å². The Morgan fingerprint density at radius 1 is 1.32 bits per heavy atom. The molecule has 0 heterocycles. The van der Waals surface area contributed by atoms with Gasteiger partial charge in [0.15, 0.2) is 0 Å². The highest BCUT2D eigenvalue weighted by molar-refractivity contribution is 8.00. The number of rotatable bonds is 9. The van der Waals surface area contributed by atoms with Crippen LogP contribution in [0.3, 0.4) is 0 Å². The SMILES string of the molecule is CCOCC(=O)NC(Cc1ccc(O)cc1)C(SC)C(=O)O. The molecule has 122 valence electrons. The summed E-state index contributed by atoms with van der Waals surface area (Å²) in [5, 5.41) is 20.6. The Balaban J connectivity index is 2.83. The summed E-state index contributed by atoms with van der Waals surface area (Å²) >= 11 is 1.17. The first kappa shape index (κ1) is 18.3. The van der Waals surface area contributed by atoms with Crippen LogP contribution in [0.5, 0.6) is 5.75 Å². The molecule has 0 fully saturated rings. The molecule has 0 aliphatic rings.